The molecule has 17 heavy (non-hydrogen) atoms. The zero-order chi connectivity index (χ0) is 13.4. The number of nitrogens with zero attached hydrogens (tertiary/aromatic N) is 2. The molecule has 0 aliphatic heterocycles. The number of hydrogen-bond donors (Lipinski definition) is 1. The maximum absolute atomic E-state index is 3.28. The summed E-state index contributed by atoms with van der Waals surface area (Å²) in [5.41, 5.74) is 0. The van der Waals surface area contributed by atoms with Crippen LogP contribution in [0, 0.1) is 11.8 Å². The maximum Gasteiger partial charge on any atom is 0.0112 e. The van der Waals surface area contributed by atoms with Crippen molar-refractivity contribution in [2.24, 2.45) is 11.8 Å². The van der Waals surface area contributed by atoms with Gasteiger partial charge in [-0.15, -0.1) is 0 Å². The Kier molecular flexibility index (Phi) is 8.83. The van der Waals surface area contributed by atoms with Crippen molar-refractivity contribution in [3.8, 4) is 0 Å². The van der Waals surface area contributed by atoms with Crippen LogP contribution in [0.4, 0.5) is 0 Å². The monoisotopic (exact) mass is 243 g/mol. The van der Waals surface area contributed by atoms with Crippen LogP contribution in [0.25, 0.3) is 0 Å². The van der Waals surface area contributed by atoms with Crippen molar-refractivity contribution < 1.29 is 0 Å². The molecule has 0 aromatic heterocycles. The first kappa shape index (κ1) is 16.9. The van der Waals surface area contributed by atoms with E-state index >= 15 is 0 Å². The first-order valence-corrected chi connectivity index (χ1v) is 6.91. The predicted octanol–water partition coefficient (Wildman–Crippen LogP) is 1.75. The van der Waals surface area contributed by atoms with E-state index in [2.05, 4.69) is 56.9 Å². The zero-order valence-electron chi connectivity index (χ0n) is 13.0. The summed E-state index contributed by atoms with van der Waals surface area (Å²) in [5.74, 6) is 1.43. The van der Waals surface area contributed by atoms with Crippen molar-refractivity contribution in [1.29, 1.82) is 0 Å². The first-order chi connectivity index (χ1) is 7.88. The molecule has 2 atom stereocenters. The van der Waals surface area contributed by atoms with Gasteiger partial charge in [0.1, 0.15) is 0 Å². The van der Waals surface area contributed by atoms with Crippen molar-refractivity contribution in [2.75, 3.05) is 47.3 Å². The van der Waals surface area contributed by atoms with Gasteiger partial charge in [-0.3, -0.25) is 4.90 Å². The van der Waals surface area contributed by atoms with Crippen LogP contribution in [0.5, 0.6) is 0 Å². The Hall–Kier alpha value is -0.120. The molecule has 0 rings (SSSR count). The van der Waals surface area contributed by atoms with E-state index in [1.165, 1.54) is 13.1 Å². The molecule has 0 heterocycles. The predicted molar refractivity (Wildman–Crippen MR) is 77.5 cm³/mol. The second-order valence-corrected chi connectivity index (χ2v) is 5.97. The van der Waals surface area contributed by atoms with Crippen molar-refractivity contribution >= 4 is 0 Å². The quantitative estimate of drug-likeness (QED) is 0.665. The molecule has 3 nitrogen and oxygen atoms in total. The molecule has 2 unspecified atom stereocenters. The third kappa shape index (κ3) is 7.74. The van der Waals surface area contributed by atoms with E-state index in [4.69, 9.17) is 0 Å². The smallest absolute Gasteiger partial charge is 0.0112 e. The average Bonchev–Trinajstić information content (AvgIpc) is 2.22. The van der Waals surface area contributed by atoms with Crippen LogP contribution in [0.1, 0.15) is 27.7 Å². The van der Waals surface area contributed by atoms with Gasteiger partial charge >= 0.3 is 0 Å². The molecular weight excluding hydrogens is 210 g/mol. The summed E-state index contributed by atoms with van der Waals surface area (Å²) < 4.78 is 0. The SMILES string of the molecule is CNCC(C)C(C)N(CCN(C)C)CC(C)C. The van der Waals surface area contributed by atoms with Gasteiger partial charge in [0.05, 0.1) is 0 Å². The molecule has 0 saturated carbocycles. The topological polar surface area (TPSA) is 18.5 Å². The van der Waals surface area contributed by atoms with Crippen molar-refractivity contribution in [2.45, 2.75) is 33.7 Å². The van der Waals surface area contributed by atoms with Crippen LogP contribution in [-0.4, -0.2) is 63.2 Å². The standard InChI is InChI=1S/C14H33N3/c1-12(2)11-17(9-8-16(6)7)14(4)13(3)10-15-5/h12-15H,8-11H2,1-7H3. The summed E-state index contributed by atoms with van der Waals surface area (Å²) in [5, 5.41) is 3.28. The van der Waals surface area contributed by atoms with Gasteiger partial charge in [-0.25, -0.2) is 0 Å². The fourth-order valence-electron chi connectivity index (χ4n) is 2.11. The molecule has 0 amide bonds. The van der Waals surface area contributed by atoms with Crippen LogP contribution >= 0.6 is 0 Å². The van der Waals surface area contributed by atoms with Crippen molar-refractivity contribution in [3.63, 3.8) is 0 Å². The summed E-state index contributed by atoms with van der Waals surface area (Å²) in [6.45, 7) is 13.9. The fraction of sp³-hybridized carbons (Fsp3) is 1.00. The number of hydrogen-bond acceptors (Lipinski definition) is 3. The molecule has 0 aromatic rings. The Morgan fingerprint density at radius 1 is 1.00 bits per heavy atom. The highest BCUT2D eigenvalue weighted by Crippen LogP contribution is 2.12. The van der Waals surface area contributed by atoms with E-state index < -0.39 is 0 Å². The highest BCUT2D eigenvalue weighted by Gasteiger charge is 2.20. The molecule has 0 aliphatic carbocycles. The van der Waals surface area contributed by atoms with Gasteiger partial charge in [0.15, 0.2) is 0 Å². The molecule has 0 saturated heterocycles. The number of rotatable bonds is 9. The Morgan fingerprint density at radius 3 is 2.00 bits per heavy atom. The van der Waals surface area contributed by atoms with Gasteiger partial charge in [0, 0.05) is 25.7 Å². The lowest BCUT2D eigenvalue weighted by Gasteiger charge is -2.35. The molecule has 0 radical (unpaired) electrons. The lowest BCUT2D eigenvalue weighted by molar-refractivity contribution is 0.132. The molecule has 0 aromatic carbocycles. The van der Waals surface area contributed by atoms with Gasteiger partial charge < -0.3 is 10.2 Å². The van der Waals surface area contributed by atoms with Gasteiger partial charge in [-0.1, -0.05) is 20.8 Å². The normalized spacial score (nSPS) is 15.9. The van der Waals surface area contributed by atoms with Crippen LogP contribution in [-0.2, 0) is 0 Å². The average molecular weight is 243 g/mol. The Bertz CT molecular complexity index is 180. The van der Waals surface area contributed by atoms with E-state index in [0.29, 0.717) is 12.0 Å². The molecule has 3 heteroatoms. The highest BCUT2D eigenvalue weighted by atomic mass is 15.2. The van der Waals surface area contributed by atoms with E-state index in [-0.39, 0.29) is 0 Å². The van der Waals surface area contributed by atoms with Crippen molar-refractivity contribution in [1.82, 2.24) is 15.1 Å². The van der Waals surface area contributed by atoms with Crippen LogP contribution in [0.3, 0.4) is 0 Å². The van der Waals surface area contributed by atoms with Crippen LogP contribution in [0.15, 0.2) is 0 Å². The Labute approximate surface area is 109 Å². The van der Waals surface area contributed by atoms with Gasteiger partial charge in [0.2, 0.25) is 0 Å². The van der Waals surface area contributed by atoms with Gasteiger partial charge in [-0.05, 0) is 46.4 Å². The largest absolute Gasteiger partial charge is 0.319 e. The molecule has 0 spiro atoms. The third-order valence-electron chi connectivity index (χ3n) is 3.36. The van der Waals surface area contributed by atoms with Gasteiger partial charge in [0.25, 0.3) is 0 Å². The molecule has 0 aliphatic rings. The van der Waals surface area contributed by atoms with Crippen molar-refractivity contribution in [3.05, 3.63) is 0 Å². The minimum absolute atomic E-state index is 0.643. The molecule has 0 bridgehead atoms. The summed E-state index contributed by atoms with van der Waals surface area (Å²) >= 11 is 0. The minimum atomic E-state index is 0.643. The van der Waals surface area contributed by atoms with Gasteiger partial charge in [-0.2, -0.15) is 0 Å². The molecular formula is C14H33N3. The maximum atomic E-state index is 3.28. The zero-order valence-corrected chi connectivity index (χ0v) is 13.0. The highest BCUT2D eigenvalue weighted by molar-refractivity contribution is 4.75. The number of nitrogens with one attached hydrogen (secondary N) is 1. The summed E-state index contributed by atoms with van der Waals surface area (Å²) in [4.78, 5) is 4.90. The fourth-order valence-corrected chi connectivity index (χ4v) is 2.11. The second-order valence-electron chi connectivity index (χ2n) is 5.97. The Morgan fingerprint density at radius 2 is 1.59 bits per heavy atom. The van der Waals surface area contributed by atoms with Crippen LogP contribution in [0.2, 0.25) is 0 Å². The molecule has 1 N–H and O–H groups in total. The second kappa shape index (κ2) is 8.90. The summed E-state index contributed by atoms with van der Waals surface area (Å²) in [6, 6.07) is 0.643. The third-order valence-corrected chi connectivity index (χ3v) is 3.36. The number of likely N-dealkylation sites (N-methyl/N-ethyl adjacent to an activating group) is 1. The van der Waals surface area contributed by atoms with E-state index in [1.807, 2.05) is 7.05 Å². The summed E-state index contributed by atoms with van der Waals surface area (Å²) in [6.07, 6.45) is 0. The summed E-state index contributed by atoms with van der Waals surface area (Å²) in [7, 11) is 6.33. The Balaban J connectivity index is 4.32. The van der Waals surface area contributed by atoms with Crippen LogP contribution < -0.4 is 5.32 Å². The van der Waals surface area contributed by atoms with E-state index in [0.717, 1.165) is 19.0 Å². The molecule has 104 valence electrons. The van der Waals surface area contributed by atoms with E-state index in [1.54, 1.807) is 0 Å². The first-order valence-electron chi connectivity index (χ1n) is 6.91. The van der Waals surface area contributed by atoms with E-state index in [9.17, 15) is 0 Å². The lowest BCUT2D eigenvalue weighted by atomic mass is 10.0. The molecule has 0 fully saturated rings. The minimum Gasteiger partial charge on any atom is -0.319 e. The lowest BCUT2D eigenvalue weighted by Crippen LogP contribution is -2.45.